The Morgan fingerprint density at radius 1 is 1.06 bits per heavy atom. The summed E-state index contributed by atoms with van der Waals surface area (Å²) in [4.78, 5) is 26.7. The smallest absolute Gasteiger partial charge is 0.319 e. The minimum atomic E-state index is -0.236. The zero-order chi connectivity index (χ0) is 23.6. The van der Waals surface area contributed by atoms with Gasteiger partial charge in [0, 0.05) is 28.7 Å². The molecule has 7 heteroatoms. The number of likely N-dealkylation sites (tertiary alicyclic amines) is 1. The second-order valence-corrected chi connectivity index (χ2v) is 9.18. The number of nitrogens with one attached hydrogen (secondary N) is 2. The SMILES string of the molecule is COc1ccc([C@@]23CC[C@H](NC(=O)Nc4cccc(C(C)=O)c4)C[C@H]2N(C)CC3)cc1OC. The summed E-state index contributed by atoms with van der Waals surface area (Å²) in [5.74, 6) is 1.47. The second kappa shape index (κ2) is 9.43. The molecule has 2 aromatic carbocycles. The normalized spacial score (nSPS) is 24.6. The molecule has 1 aliphatic carbocycles. The molecule has 0 aromatic heterocycles. The molecule has 2 aromatic rings. The van der Waals surface area contributed by atoms with Crippen LogP contribution in [-0.4, -0.2) is 56.6 Å². The molecule has 1 heterocycles. The molecular formula is C26H33N3O4. The van der Waals surface area contributed by atoms with Crippen molar-refractivity contribution in [3.63, 3.8) is 0 Å². The Morgan fingerprint density at radius 2 is 1.85 bits per heavy atom. The summed E-state index contributed by atoms with van der Waals surface area (Å²) in [6, 6.07) is 13.5. The highest BCUT2D eigenvalue weighted by Crippen LogP contribution is 2.49. The maximum Gasteiger partial charge on any atom is 0.319 e. The molecule has 0 unspecified atom stereocenters. The van der Waals surface area contributed by atoms with Gasteiger partial charge in [-0.25, -0.2) is 4.79 Å². The van der Waals surface area contributed by atoms with Crippen LogP contribution < -0.4 is 20.1 Å². The lowest BCUT2D eigenvalue weighted by molar-refractivity contribution is 0.101. The third-order valence-corrected chi connectivity index (χ3v) is 7.35. The van der Waals surface area contributed by atoms with Crippen molar-refractivity contribution in [2.75, 3.05) is 33.1 Å². The van der Waals surface area contributed by atoms with Crippen LogP contribution in [0.5, 0.6) is 11.5 Å². The number of ether oxygens (including phenoxy) is 2. The molecule has 0 radical (unpaired) electrons. The Hall–Kier alpha value is -3.06. The van der Waals surface area contributed by atoms with Gasteiger partial charge < -0.3 is 25.0 Å². The van der Waals surface area contributed by atoms with E-state index in [2.05, 4.69) is 34.7 Å². The molecule has 2 N–H and O–H groups in total. The van der Waals surface area contributed by atoms with Gasteiger partial charge in [-0.3, -0.25) is 4.79 Å². The van der Waals surface area contributed by atoms with E-state index >= 15 is 0 Å². The number of Topliss-reactive ketones (excluding diaryl/α,β-unsaturated/α-hetero) is 1. The van der Waals surface area contributed by atoms with Crippen LogP contribution in [0.3, 0.4) is 0 Å². The average molecular weight is 452 g/mol. The monoisotopic (exact) mass is 451 g/mol. The van der Waals surface area contributed by atoms with Gasteiger partial charge in [0.1, 0.15) is 0 Å². The summed E-state index contributed by atoms with van der Waals surface area (Å²) >= 11 is 0. The van der Waals surface area contributed by atoms with Crippen LogP contribution in [0.1, 0.15) is 48.5 Å². The van der Waals surface area contributed by atoms with Crippen LogP contribution in [-0.2, 0) is 5.41 Å². The number of ketones is 1. The zero-order valence-electron chi connectivity index (χ0n) is 19.8. The average Bonchev–Trinajstić information content (AvgIpc) is 3.15. The van der Waals surface area contributed by atoms with Gasteiger partial charge in [-0.05, 0) is 76.0 Å². The molecule has 2 aliphatic rings. The fourth-order valence-electron chi connectivity index (χ4n) is 5.56. The summed E-state index contributed by atoms with van der Waals surface area (Å²) in [6.07, 6.45) is 3.86. The molecule has 0 bridgehead atoms. The first-order valence-corrected chi connectivity index (χ1v) is 11.5. The Morgan fingerprint density at radius 3 is 2.58 bits per heavy atom. The van der Waals surface area contributed by atoms with Crippen LogP contribution in [0, 0.1) is 0 Å². The maximum atomic E-state index is 12.7. The lowest BCUT2D eigenvalue weighted by Gasteiger charge is -2.45. The predicted octanol–water partition coefficient (Wildman–Crippen LogP) is 4.22. The van der Waals surface area contributed by atoms with Gasteiger partial charge >= 0.3 is 6.03 Å². The molecule has 7 nitrogen and oxygen atoms in total. The van der Waals surface area contributed by atoms with Crippen LogP contribution in [0.25, 0.3) is 0 Å². The molecule has 4 rings (SSSR count). The van der Waals surface area contributed by atoms with Gasteiger partial charge in [0.05, 0.1) is 14.2 Å². The van der Waals surface area contributed by atoms with E-state index in [0.717, 1.165) is 43.7 Å². The van der Waals surface area contributed by atoms with E-state index in [-0.39, 0.29) is 23.3 Å². The van der Waals surface area contributed by atoms with Crippen molar-refractivity contribution in [3.8, 4) is 11.5 Å². The number of benzene rings is 2. The molecular weight excluding hydrogens is 418 g/mol. The number of methoxy groups -OCH3 is 2. The van der Waals surface area contributed by atoms with E-state index in [1.54, 1.807) is 38.5 Å². The lowest BCUT2D eigenvalue weighted by Crippen LogP contribution is -2.52. The maximum absolute atomic E-state index is 12.7. The highest BCUT2D eigenvalue weighted by Gasteiger charge is 2.50. The van der Waals surface area contributed by atoms with Crippen LogP contribution in [0.4, 0.5) is 10.5 Å². The summed E-state index contributed by atoms with van der Waals surface area (Å²) in [7, 11) is 5.49. The van der Waals surface area contributed by atoms with Crippen molar-refractivity contribution in [3.05, 3.63) is 53.6 Å². The summed E-state index contributed by atoms with van der Waals surface area (Å²) in [5.41, 5.74) is 2.52. The third-order valence-electron chi connectivity index (χ3n) is 7.35. The Kier molecular flexibility index (Phi) is 6.61. The molecule has 176 valence electrons. The van der Waals surface area contributed by atoms with E-state index in [1.807, 2.05) is 6.07 Å². The fraction of sp³-hybridized carbons (Fsp3) is 0.462. The highest BCUT2D eigenvalue weighted by atomic mass is 16.5. The van der Waals surface area contributed by atoms with Gasteiger partial charge in [-0.15, -0.1) is 0 Å². The molecule has 1 aliphatic heterocycles. The van der Waals surface area contributed by atoms with E-state index < -0.39 is 0 Å². The summed E-state index contributed by atoms with van der Waals surface area (Å²) in [5, 5.41) is 6.03. The Bertz CT molecular complexity index is 1040. The first-order valence-electron chi connectivity index (χ1n) is 11.5. The fourth-order valence-corrected chi connectivity index (χ4v) is 5.56. The van der Waals surface area contributed by atoms with Crippen molar-refractivity contribution in [2.24, 2.45) is 0 Å². The van der Waals surface area contributed by atoms with Gasteiger partial charge in [-0.1, -0.05) is 18.2 Å². The number of hydrogen-bond donors (Lipinski definition) is 2. The molecule has 1 saturated carbocycles. The standard InChI is InChI=1S/C26H33N3O4/c1-17(30)18-6-5-7-20(14-18)27-25(31)28-21-10-11-26(12-13-29(2)24(26)16-21)19-8-9-22(32-3)23(15-19)33-4/h5-9,14-15,21,24H,10-13,16H2,1-4H3,(H2,27,28,31)/t21-,24+,26-/m0/s1. The van der Waals surface area contributed by atoms with E-state index in [9.17, 15) is 9.59 Å². The third kappa shape index (κ3) is 4.55. The van der Waals surface area contributed by atoms with Crippen LogP contribution in [0.15, 0.2) is 42.5 Å². The molecule has 1 saturated heterocycles. The van der Waals surface area contributed by atoms with Gasteiger partial charge in [0.15, 0.2) is 17.3 Å². The van der Waals surface area contributed by atoms with Crippen LogP contribution in [0.2, 0.25) is 0 Å². The number of likely N-dealkylation sites (N-methyl/N-ethyl adjacent to an activating group) is 1. The summed E-state index contributed by atoms with van der Waals surface area (Å²) < 4.78 is 11.0. The lowest BCUT2D eigenvalue weighted by atomic mass is 9.65. The molecule has 0 spiro atoms. The number of rotatable bonds is 6. The largest absolute Gasteiger partial charge is 0.493 e. The number of nitrogens with zero attached hydrogens (tertiary/aromatic N) is 1. The molecule has 3 atom stereocenters. The summed E-state index contributed by atoms with van der Waals surface area (Å²) in [6.45, 7) is 2.54. The first-order chi connectivity index (χ1) is 15.9. The minimum Gasteiger partial charge on any atom is -0.493 e. The predicted molar refractivity (Wildman–Crippen MR) is 128 cm³/mol. The zero-order valence-corrected chi connectivity index (χ0v) is 19.8. The minimum absolute atomic E-state index is 0.0258. The Labute approximate surface area is 195 Å². The van der Waals surface area contributed by atoms with Crippen molar-refractivity contribution in [2.45, 2.75) is 50.1 Å². The number of anilines is 1. The molecule has 33 heavy (non-hydrogen) atoms. The number of urea groups is 1. The van der Waals surface area contributed by atoms with Gasteiger partial charge in [0.25, 0.3) is 0 Å². The highest BCUT2D eigenvalue weighted by molar-refractivity contribution is 5.96. The van der Waals surface area contributed by atoms with Crippen molar-refractivity contribution in [1.82, 2.24) is 10.2 Å². The van der Waals surface area contributed by atoms with Gasteiger partial charge in [0.2, 0.25) is 0 Å². The molecule has 2 amide bonds. The first kappa shape index (κ1) is 23.1. The topological polar surface area (TPSA) is 79.9 Å². The Balaban J connectivity index is 1.47. The van der Waals surface area contributed by atoms with Gasteiger partial charge in [-0.2, -0.15) is 0 Å². The molecule has 2 fully saturated rings. The number of amides is 2. The van der Waals surface area contributed by atoms with E-state index in [0.29, 0.717) is 17.3 Å². The van der Waals surface area contributed by atoms with Crippen LogP contribution >= 0.6 is 0 Å². The number of hydrogen-bond acceptors (Lipinski definition) is 5. The van der Waals surface area contributed by atoms with E-state index in [1.165, 1.54) is 12.5 Å². The number of fused-ring (bicyclic) bond motifs is 1. The quantitative estimate of drug-likeness (QED) is 0.643. The number of carbonyl (C=O) groups excluding carboxylic acids is 2. The number of carbonyl (C=O) groups is 2. The van der Waals surface area contributed by atoms with Crippen molar-refractivity contribution >= 4 is 17.5 Å². The van der Waals surface area contributed by atoms with Crippen molar-refractivity contribution < 1.29 is 19.1 Å². The van der Waals surface area contributed by atoms with E-state index in [4.69, 9.17) is 9.47 Å². The second-order valence-electron chi connectivity index (χ2n) is 9.18. The van der Waals surface area contributed by atoms with Crippen molar-refractivity contribution in [1.29, 1.82) is 0 Å².